The number of thioether (sulfide) groups is 2. The van der Waals surface area contributed by atoms with E-state index in [2.05, 4.69) is 41.4 Å². The molecule has 0 radical (unpaired) electrons. The number of nitrogens with two attached hydrogens (primary N) is 1. The number of aromatic nitrogens is 2. The average molecular weight is 297 g/mol. The van der Waals surface area contributed by atoms with E-state index in [1.807, 2.05) is 6.26 Å². The van der Waals surface area contributed by atoms with Crippen LogP contribution in [0.1, 0.15) is 17.2 Å². The van der Waals surface area contributed by atoms with E-state index in [1.165, 1.54) is 11.1 Å². The lowest BCUT2D eigenvalue weighted by atomic mass is 10.1. The molecule has 0 saturated heterocycles. The molecule has 0 fully saturated rings. The maximum atomic E-state index is 6.16. The Morgan fingerprint density at radius 3 is 2.50 bits per heavy atom. The van der Waals surface area contributed by atoms with E-state index >= 15 is 0 Å². The Labute approximate surface area is 120 Å². The monoisotopic (exact) mass is 297 g/mol. The number of rotatable bonds is 5. The van der Waals surface area contributed by atoms with Crippen molar-refractivity contribution in [3.05, 3.63) is 35.4 Å². The summed E-state index contributed by atoms with van der Waals surface area (Å²) in [6, 6.07) is 8.41. The lowest BCUT2D eigenvalue weighted by molar-refractivity contribution is 0.829. The van der Waals surface area contributed by atoms with E-state index in [4.69, 9.17) is 5.73 Å². The first kappa shape index (κ1) is 13.9. The summed E-state index contributed by atoms with van der Waals surface area (Å²) in [5.74, 6) is 0.825. The Hall–Kier alpha value is -0.560. The molecule has 0 aliphatic heterocycles. The fourth-order valence-electron chi connectivity index (χ4n) is 1.41. The summed E-state index contributed by atoms with van der Waals surface area (Å²) >= 11 is 4.91. The van der Waals surface area contributed by atoms with Gasteiger partial charge < -0.3 is 5.73 Å². The minimum Gasteiger partial charge on any atom is -0.323 e. The number of benzene rings is 1. The molecule has 0 aliphatic rings. The largest absolute Gasteiger partial charge is 0.323 e. The predicted molar refractivity (Wildman–Crippen MR) is 80.5 cm³/mol. The van der Waals surface area contributed by atoms with Gasteiger partial charge in [0.1, 0.15) is 0 Å². The van der Waals surface area contributed by atoms with Gasteiger partial charge in [-0.3, -0.25) is 0 Å². The van der Waals surface area contributed by atoms with E-state index in [9.17, 15) is 0 Å². The summed E-state index contributed by atoms with van der Waals surface area (Å²) in [4.78, 5) is 0. The van der Waals surface area contributed by atoms with Crippen molar-refractivity contribution in [1.82, 2.24) is 10.2 Å². The Morgan fingerprint density at radius 1 is 1.22 bits per heavy atom. The van der Waals surface area contributed by atoms with Gasteiger partial charge in [-0.1, -0.05) is 64.7 Å². The van der Waals surface area contributed by atoms with Crippen LogP contribution in [-0.4, -0.2) is 22.2 Å². The lowest BCUT2D eigenvalue weighted by Crippen LogP contribution is -2.12. The fraction of sp³-hybridized carbons (Fsp3) is 0.333. The molecule has 0 aliphatic carbocycles. The number of nitrogens with zero attached hydrogens (tertiary/aromatic N) is 2. The highest BCUT2D eigenvalue weighted by Crippen LogP contribution is 2.29. The van der Waals surface area contributed by atoms with Crippen LogP contribution in [0.2, 0.25) is 0 Å². The number of aryl methyl sites for hydroxylation is 1. The molecule has 2 rings (SSSR count). The van der Waals surface area contributed by atoms with Crippen molar-refractivity contribution in [2.75, 3.05) is 12.0 Å². The summed E-state index contributed by atoms with van der Waals surface area (Å²) in [6.45, 7) is 2.08. The zero-order chi connectivity index (χ0) is 13.0. The lowest BCUT2D eigenvalue weighted by Gasteiger charge is -2.10. The maximum Gasteiger partial charge on any atom is 0.175 e. The minimum absolute atomic E-state index is 0.0391. The molecule has 0 amide bonds. The standard InChI is InChI=1S/C12H15N3S3/c1-8-3-5-9(6-4-8)10(13)7-17-12-15-14-11(16-2)18-12/h3-6,10H,7,13H2,1-2H3. The first-order chi connectivity index (χ1) is 8.69. The zero-order valence-electron chi connectivity index (χ0n) is 10.3. The van der Waals surface area contributed by atoms with Crippen LogP contribution in [0.3, 0.4) is 0 Å². The molecule has 18 heavy (non-hydrogen) atoms. The maximum absolute atomic E-state index is 6.16. The van der Waals surface area contributed by atoms with E-state index < -0.39 is 0 Å². The van der Waals surface area contributed by atoms with Gasteiger partial charge in [-0.05, 0) is 18.7 Å². The number of hydrogen-bond acceptors (Lipinski definition) is 6. The summed E-state index contributed by atoms with van der Waals surface area (Å²) in [5.41, 5.74) is 8.59. The van der Waals surface area contributed by atoms with Gasteiger partial charge in [0.25, 0.3) is 0 Å². The highest BCUT2D eigenvalue weighted by atomic mass is 32.2. The molecule has 2 N–H and O–H groups in total. The summed E-state index contributed by atoms with van der Waals surface area (Å²) in [7, 11) is 0. The molecule has 1 aromatic carbocycles. The quantitative estimate of drug-likeness (QED) is 0.858. The van der Waals surface area contributed by atoms with Crippen molar-refractivity contribution in [3.8, 4) is 0 Å². The molecular formula is C12H15N3S3. The Kier molecular flexibility index (Phi) is 5.05. The smallest absolute Gasteiger partial charge is 0.175 e. The van der Waals surface area contributed by atoms with Crippen LogP contribution < -0.4 is 5.73 Å². The fourth-order valence-corrected chi connectivity index (χ4v) is 3.86. The van der Waals surface area contributed by atoms with Crippen LogP contribution in [0.5, 0.6) is 0 Å². The molecular weight excluding hydrogens is 282 g/mol. The van der Waals surface area contributed by atoms with Crippen molar-refractivity contribution in [3.63, 3.8) is 0 Å². The van der Waals surface area contributed by atoms with Gasteiger partial charge >= 0.3 is 0 Å². The molecule has 1 heterocycles. The molecule has 2 aromatic rings. The second-order valence-corrected chi connectivity index (χ2v) is 7.16. The summed E-state index contributed by atoms with van der Waals surface area (Å²) in [5, 5.41) is 8.19. The van der Waals surface area contributed by atoms with Crippen LogP contribution in [-0.2, 0) is 0 Å². The Bertz CT molecular complexity index is 496. The van der Waals surface area contributed by atoms with Gasteiger partial charge in [0.2, 0.25) is 0 Å². The molecule has 6 heteroatoms. The van der Waals surface area contributed by atoms with Crippen molar-refractivity contribution in [1.29, 1.82) is 0 Å². The van der Waals surface area contributed by atoms with Gasteiger partial charge in [-0.25, -0.2) is 0 Å². The third-order valence-corrected chi connectivity index (χ3v) is 5.61. The van der Waals surface area contributed by atoms with E-state index in [-0.39, 0.29) is 6.04 Å². The van der Waals surface area contributed by atoms with Gasteiger partial charge in [-0.2, -0.15) is 0 Å². The second kappa shape index (κ2) is 6.56. The predicted octanol–water partition coefficient (Wildman–Crippen LogP) is 3.36. The van der Waals surface area contributed by atoms with Gasteiger partial charge in [-0.15, -0.1) is 10.2 Å². The molecule has 3 nitrogen and oxygen atoms in total. The number of hydrogen-bond donors (Lipinski definition) is 1. The first-order valence-electron chi connectivity index (χ1n) is 5.51. The van der Waals surface area contributed by atoms with Crippen LogP contribution in [0, 0.1) is 6.92 Å². The highest BCUT2D eigenvalue weighted by molar-refractivity contribution is 8.02. The van der Waals surface area contributed by atoms with Crippen LogP contribution in [0.15, 0.2) is 32.9 Å². The highest BCUT2D eigenvalue weighted by Gasteiger charge is 2.09. The van der Waals surface area contributed by atoms with E-state index in [1.54, 1.807) is 34.9 Å². The molecule has 1 atom stereocenters. The molecule has 0 bridgehead atoms. The van der Waals surface area contributed by atoms with Gasteiger partial charge in [0.15, 0.2) is 8.68 Å². The SMILES string of the molecule is CSc1nnc(SCC(N)c2ccc(C)cc2)s1. The Balaban J connectivity index is 1.91. The third-order valence-electron chi connectivity index (χ3n) is 2.45. The topological polar surface area (TPSA) is 51.8 Å². The Morgan fingerprint density at radius 2 is 1.89 bits per heavy atom. The third kappa shape index (κ3) is 3.71. The molecule has 96 valence electrons. The average Bonchev–Trinajstić information content (AvgIpc) is 2.85. The van der Waals surface area contributed by atoms with Gasteiger partial charge in [0, 0.05) is 11.8 Å². The molecule has 0 spiro atoms. The molecule has 1 aromatic heterocycles. The first-order valence-corrected chi connectivity index (χ1v) is 8.54. The minimum atomic E-state index is 0.0391. The van der Waals surface area contributed by atoms with Crippen LogP contribution in [0.25, 0.3) is 0 Å². The van der Waals surface area contributed by atoms with Crippen LogP contribution in [0.4, 0.5) is 0 Å². The van der Waals surface area contributed by atoms with Crippen molar-refractivity contribution >= 4 is 34.9 Å². The van der Waals surface area contributed by atoms with Gasteiger partial charge in [0.05, 0.1) is 0 Å². The van der Waals surface area contributed by atoms with Crippen LogP contribution >= 0.6 is 34.9 Å². The van der Waals surface area contributed by atoms with Crippen molar-refractivity contribution in [2.45, 2.75) is 21.6 Å². The molecule has 0 saturated carbocycles. The normalized spacial score (nSPS) is 12.6. The molecule has 1 unspecified atom stereocenters. The summed E-state index contributed by atoms with van der Waals surface area (Å²) < 4.78 is 1.99. The van der Waals surface area contributed by atoms with Crippen molar-refractivity contribution in [2.24, 2.45) is 5.73 Å². The second-order valence-electron chi connectivity index (χ2n) is 3.87. The summed E-state index contributed by atoms with van der Waals surface area (Å²) in [6.07, 6.45) is 2.01. The van der Waals surface area contributed by atoms with E-state index in [0.717, 1.165) is 14.4 Å². The van der Waals surface area contributed by atoms with Crippen molar-refractivity contribution < 1.29 is 0 Å². The van der Waals surface area contributed by atoms with E-state index in [0.29, 0.717) is 0 Å². The zero-order valence-corrected chi connectivity index (χ0v) is 12.7.